The Morgan fingerprint density at radius 3 is 2.55 bits per heavy atom. The predicted octanol–water partition coefficient (Wildman–Crippen LogP) is 1.83. The number of primary amides is 1. The van der Waals surface area contributed by atoms with Gasteiger partial charge in [0.05, 0.1) is 5.94 Å². The van der Waals surface area contributed by atoms with E-state index >= 15 is 0 Å². The number of carbonyl (C=O) groups excluding carboxylic acids is 3. The third kappa shape index (κ3) is 7.40. The Morgan fingerprint density at radius 2 is 1.85 bits per heavy atom. The fourth-order valence-electron chi connectivity index (χ4n) is 4.75. The van der Waals surface area contributed by atoms with E-state index in [1.807, 2.05) is 42.5 Å². The summed E-state index contributed by atoms with van der Waals surface area (Å²) in [5.41, 5.74) is 6.47. The minimum Gasteiger partial charge on any atom is -0.386 e. The van der Waals surface area contributed by atoms with E-state index in [9.17, 15) is 27.9 Å². The van der Waals surface area contributed by atoms with Crippen molar-refractivity contribution < 1.29 is 27.9 Å². The average Bonchev–Trinajstić information content (AvgIpc) is 3.51. The van der Waals surface area contributed by atoms with Gasteiger partial charge in [0.2, 0.25) is 17.7 Å². The number of hydrogen-bond donors (Lipinski definition) is 4. The van der Waals surface area contributed by atoms with E-state index in [0.717, 1.165) is 39.4 Å². The van der Waals surface area contributed by atoms with Gasteiger partial charge in [-0.2, -0.15) is 4.72 Å². The maximum Gasteiger partial charge on any atom is 0.250 e. The highest BCUT2D eigenvalue weighted by atomic mass is 32.2. The lowest BCUT2D eigenvalue weighted by Crippen LogP contribution is -2.60. The quantitative estimate of drug-likeness (QED) is 0.230. The Kier molecular flexibility index (Phi) is 10.2. The zero-order valence-electron chi connectivity index (χ0n) is 21.7. The van der Waals surface area contributed by atoms with E-state index in [-0.39, 0.29) is 28.9 Å². The van der Waals surface area contributed by atoms with Crippen LogP contribution in [0.3, 0.4) is 0 Å². The molecule has 3 amide bonds. The molecule has 1 aliphatic rings. The van der Waals surface area contributed by atoms with Gasteiger partial charge in [0.25, 0.3) is 10.0 Å². The zero-order chi connectivity index (χ0) is 28.7. The molecule has 13 heteroatoms. The molecule has 0 aliphatic carbocycles. The number of sulfonamides is 1. The lowest BCUT2D eigenvalue weighted by atomic mass is 9.98. The first-order valence-corrected chi connectivity index (χ1v) is 16.3. The predicted molar refractivity (Wildman–Crippen MR) is 156 cm³/mol. The molecule has 4 rings (SSSR count). The van der Waals surface area contributed by atoms with Crippen LogP contribution in [0.5, 0.6) is 0 Å². The van der Waals surface area contributed by atoms with Crippen molar-refractivity contribution in [3.8, 4) is 0 Å². The molecule has 0 radical (unpaired) electrons. The summed E-state index contributed by atoms with van der Waals surface area (Å²) in [6.45, 7) is 0.254. The summed E-state index contributed by atoms with van der Waals surface area (Å²) in [6.07, 6.45) is 1.87. The van der Waals surface area contributed by atoms with Gasteiger partial charge < -0.3 is 21.1 Å². The monoisotopic (exact) mass is 604 g/mol. The first-order chi connectivity index (χ1) is 19.2. The van der Waals surface area contributed by atoms with Crippen LogP contribution in [0.25, 0.3) is 10.8 Å². The number of aliphatic hydroxyl groups excluding tert-OH is 1. The molecular weight excluding hydrogens is 573 g/mol. The number of thiophene rings is 1. The largest absolute Gasteiger partial charge is 0.386 e. The molecule has 0 unspecified atom stereocenters. The zero-order valence-corrected chi connectivity index (χ0v) is 24.1. The Bertz CT molecular complexity index is 1450. The molecule has 2 heterocycles. The van der Waals surface area contributed by atoms with Crippen LogP contribution < -0.4 is 15.8 Å². The van der Waals surface area contributed by atoms with Crippen LogP contribution in [0, 0.1) is 0 Å². The second-order valence-electron chi connectivity index (χ2n) is 9.50. The molecule has 2 aromatic carbocycles. The molecule has 1 aromatic heterocycles. The summed E-state index contributed by atoms with van der Waals surface area (Å²) in [6, 6.07) is 13.5. The number of nitrogens with two attached hydrogens (primary N) is 1. The first-order valence-electron chi connectivity index (χ1n) is 12.8. The topological polar surface area (TPSA) is 159 Å². The summed E-state index contributed by atoms with van der Waals surface area (Å²) in [5, 5.41) is 15.7. The van der Waals surface area contributed by atoms with Crippen LogP contribution in [0.4, 0.5) is 0 Å². The Labute approximate surface area is 241 Å². The summed E-state index contributed by atoms with van der Waals surface area (Å²) < 4.78 is 28.3. The van der Waals surface area contributed by atoms with Crippen molar-refractivity contribution in [1.82, 2.24) is 14.9 Å². The van der Waals surface area contributed by atoms with Gasteiger partial charge in [-0.1, -0.05) is 48.5 Å². The van der Waals surface area contributed by atoms with Crippen molar-refractivity contribution in [3.05, 3.63) is 65.5 Å². The molecule has 1 aliphatic heterocycles. The third-order valence-corrected chi connectivity index (χ3v) is 10.4. The second kappa shape index (κ2) is 13.6. The number of fused-ring (bicyclic) bond motifs is 1. The molecule has 3 atom stereocenters. The lowest BCUT2D eigenvalue weighted by Gasteiger charge is -2.37. The number of hydrogen-bond acceptors (Lipinski definition) is 8. The number of carbonyl (C=O) groups is 3. The van der Waals surface area contributed by atoms with E-state index in [0.29, 0.717) is 19.3 Å². The molecule has 1 fully saturated rings. The SMILES string of the molecule is NC(=O)[C@H](Cc1ccc2ccccc2c1)NC(=O)[C@@H]1CCCCN1C(=O)[C@H](CSCO)NS(=O)(=O)c1cccs1. The minimum absolute atomic E-state index is 0.0172. The normalized spacial score (nSPS) is 17.3. The number of nitrogens with one attached hydrogen (secondary N) is 2. The number of likely N-dealkylation sites (tertiary alicyclic amines) is 1. The van der Waals surface area contributed by atoms with Crippen molar-refractivity contribution in [2.75, 3.05) is 18.2 Å². The fraction of sp³-hybridized carbons (Fsp3) is 0.370. The van der Waals surface area contributed by atoms with Crippen molar-refractivity contribution in [1.29, 1.82) is 0 Å². The van der Waals surface area contributed by atoms with Crippen LogP contribution >= 0.6 is 23.1 Å². The summed E-state index contributed by atoms with van der Waals surface area (Å²) in [5.74, 6) is -2.10. The molecule has 0 spiro atoms. The van der Waals surface area contributed by atoms with E-state index in [1.54, 1.807) is 11.4 Å². The van der Waals surface area contributed by atoms with Crippen LogP contribution in [-0.2, 0) is 30.8 Å². The van der Waals surface area contributed by atoms with E-state index in [4.69, 9.17) is 5.73 Å². The van der Waals surface area contributed by atoms with Gasteiger partial charge in [0.15, 0.2) is 0 Å². The van der Waals surface area contributed by atoms with E-state index in [1.165, 1.54) is 11.0 Å². The number of amides is 3. The van der Waals surface area contributed by atoms with Crippen molar-refractivity contribution in [2.24, 2.45) is 5.73 Å². The standard InChI is InChI=1S/C27H32N4O6S3/c28-25(33)21(15-18-10-11-19-6-1-2-7-20(19)14-18)29-26(34)23-8-3-4-12-31(23)27(35)22(16-38-17-32)30-40(36,37)24-9-5-13-39-24/h1-2,5-7,9-11,13-14,21-23,30,32H,3-4,8,12,15-17H2,(H2,28,33)(H,29,34)/t21-,22-,23-/m0/s1. The van der Waals surface area contributed by atoms with Gasteiger partial charge in [-0.15, -0.1) is 23.1 Å². The van der Waals surface area contributed by atoms with Crippen LogP contribution in [-0.4, -0.2) is 72.5 Å². The van der Waals surface area contributed by atoms with E-state index in [2.05, 4.69) is 10.0 Å². The number of benzene rings is 2. The van der Waals surface area contributed by atoms with Crippen LogP contribution in [0.2, 0.25) is 0 Å². The van der Waals surface area contributed by atoms with Crippen molar-refractivity contribution >= 4 is 61.6 Å². The third-order valence-electron chi connectivity index (χ3n) is 6.73. The summed E-state index contributed by atoms with van der Waals surface area (Å²) >= 11 is 2.01. The van der Waals surface area contributed by atoms with Crippen molar-refractivity contribution in [3.63, 3.8) is 0 Å². The molecule has 40 heavy (non-hydrogen) atoms. The van der Waals surface area contributed by atoms with Gasteiger partial charge >= 0.3 is 0 Å². The lowest BCUT2D eigenvalue weighted by molar-refractivity contribution is -0.143. The smallest absolute Gasteiger partial charge is 0.250 e. The Hall–Kier alpha value is -2.97. The molecule has 214 valence electrons. The molecule has 5 N–H and O–H groups in total. The Balaban J connectivity index is 1.50. The van der Waals surface area contributed by atoms with Crippen LogP contribution in [0.1, 0.15) is 24.8 Å². The average molecular weight is 605 g/mol. The maximum absolute atomic E-state index is 13.6. The number of aliphatic hydroxyl groups is 1. The fourth-order valence-corrected chi connectivity index (χ4v) is 7.62. The number of rotatable bonds is 12. The highest BCUT2D eigenvalue weighted by Gasteiger charge is 2.38. The number of nitrogens with zero attached hydrogens (tertiary/aromatic N) is 1. The molecular formula is C27H32N4O6S3. The van der Waals surface area contributed by atoms with Gasteiger partial charge in [0.1, 0.15) is 22.3 Å². The minimum atomic E-state index is -3.98. The highest BCUT2D eigenvalue weighted by molar-refractivity contribution is 7.99. The number of piperidine rings is 1. The number of thioether (sulfide) groups is 1. The van der Waals surface area contributed by atoms with Crippen LogP contribution in [0.15, 0.2) is 64.2 Å². The summed E-state index contributed by atoms with van der Waals surface area (Å²) in [4.78, 5) is 40.8. The molecule has 10 nitrogen and oxygen atoms in total. The molecule has 0 bridgehead atoms. The molecule has 1 saturated heterocycles. The van der Waals surface area contributed by atoms with Gasteiger partial charge in [-0.05, 0) is 47.0 Å². The first kappa shape index (κ1) is 30.0. The highest BCUT2D eigenvalue weighted by Crippen LogP contribution is 2.22. The molecule has 0 saturated carbocycles. The van der Waals surface area contributed by atoms with E-state index < -0.39 is 45.9 Å². The second-order valence-corrected chi connectivity index (χ2v) is 13.4. The summed E-state index contributed by atoms with van der Waals surface area (Å²) in [7, 11) is -3.98. The van der Waals surface area contributed by atoms with Gasteiger partial charge in [0, 0.05) is 18.7 Å². The Morgan fingerprint density at radius 1 is 1.07 bits per heavy atom. The molecule has 3 aromatic rings. The van der Waals surface area contributed by atoms with Gasteiger partial charge in [-0.25, -0.2) is 8.42 Å². The maximum atomic E-state index is 13.6. The van der Waals surface area contributed by atoms with Crippen molar-refractivity contribution in [2.45, 2.75) is 48.0 Å². The van der Waals surface area contributed by atoms with Gasteiger partial charge in [-0.3, -0.25) is 14.4 Å².